The van der Waals surface area contributed by atoms with E-state index in [-0.39, 0.29) is 0 Å². The highest BCUT2D eigenvalue weighted by Gasteiger charge is 2.39. The quantitative estimate of drug-likeness (QED) is 0.374. The van der Waals surface area contributed by atoms with Crippen LogP contribution in [-0.4, -0.2) is 29.4 Å². The van der Waals surface area contributed by atoms with Crippen LogP contribution in [0.25, 0.3) is 0 Å². The van der Waals surface area contributed by atoms with Gasteiger partial charge in [-0.1, -0.05) is 39.0 Å². The molecule has 0 spiro atoms. The number of aryl methyl sites for hydroxylation is 1. The molecule has 0 bridgehead atoms. The van der Waals surface area contributed by atoms with Gasteiger partial charge in [0.05, 0.1) is 19.8 Å². The maximum absolute atomic E-state index is 5.83. The topological polar surface area (TPSA) is 45.5 Å². The fraction of sp³-hybridized carbons (Fsp3) is 0.833. The van der Waals surface area contributed by atoms with Crippen molar-refractivity contribution in [2.24, 2.45) is 0 Å². The van der Waals surface area contributed by atoms with Crippen LogP contribution in [0.2, 0.25) is 0 Å². The van der Waals surface area contributed by atoms with Gasteiger partial charge in [0.2, 0.25) is 0 Å². The lowest BCUT2D eigenvalue weighted by Crippen LogP contribution is -2.39. The zero-order chi connectivity index (χ0) is 17.0. The fourth-order valence-corrected chi connectivity index (χ4v) is 2.72. The summed E-state index contributed by atoms with van der Waals surface area (Å²) in [6.07, 6.45) is 11.4. The number of nitrogens with zero attached hydrogens (tertiary/aromatic N) is 2. The van der Waals surface area contributed by atoms with Crippen molar-refractivity contribution in [2.45, 2.75) is 78.7 Å². The van der Waals surface area contributed by atoms with E-state index in [4.69, 9.17) is 14.2 Å². The molecule has 5 heteroatoms. The zero-order valence-corrected chi connectivity index (χ0v) is 15.3. The molecule has 0 radical (unpaired) electrons. The molecular formula is C18H34N2O3. The van der Waals surface area contributed by atoms with E-state index in [9.17, 15) is 0 Å². The Bertz CT molecular complexity index is 390. The summed E-state index contributed by atoms with van der Waals surface area (Å²) >= 11 is 0. The second kappa shape index (κ2) is 11.6. The maximum Gasteiger partial charge on any atom is 0.346 e. The Morgan fingerprint density at radius 1 is 0.870 bits per heavy atom. The normalized spacial score (nSPS) is 12.0. The molecule has 1 aromatic heterocycles. The number of rotatable bonds is 14. The first-order valence-electron chi connectivity index (χ1n) is 9.17. The van der Waals surface area contributed by atoms with Crippen LogP contribution in [0.5, 0.6) is 0 Å². The van der Waals surface area contributed by atoms with Gasteiger partial charge >= 0.3 is 5.97 Å². The van der Waals surface area contributed by atoms with Crippen LogP contribution in [0.4, 0.5) is 0 Å². The van der Waals surface area contributed by atoms with Crippen LogP contribution in [0.15, 0.2) is 12.4 Å². The molecule has 0 unspecified atom stereocenters. The van der Waals surface area contributed by atoms with Crippen LogP contribution >= 0.6 is 0 Å². The smallest absolute Gasteiger partial charge is 0.328 e. The van der Waals surface area contributed by atoms with Crippen LogP contribution in [0.1, 0.15) is 72.0 Å². The largest absolute Gasteiger partial charge is 0.346 e. The monoisotopic (exact) mass is 326 g/mol. The molecule has 5 nitrogen and oxygen atoms in total. The molecule has 23 heavy (non-hydrogen) atoms. The first kappa shape index (κ1) is 20.1. The van der Waals surface area contributed by atoms with Gasteiger partial charge in [-0.25, -0.2) is 4.98 Å². The molecule has 0 saturated heterocycles. The predicted molar refractivity (Wildman–Crippen MR) is 92.2 cm³/mol. The standard InChI is InChI=1S/C18H34N2O3/c1-5-9-10-11-12-13-15-20-16-14-19-17(20)18(21-6-2,22-7-3)23-8-4/h14,16H,5-13,15H2,1-4H3. The average molecular weight is 326 g/mol. The third-order valence-corrected chi connectivity index (χ3v) is 3.74. The van der Waals surface area contributed by atoms with E-state index < -0.39 is 5.97 Å². The van der Waals surface area contributed by atoms with Crippen molar-refractivity contribution in [1.29, 1.82) is 0 Å². The van der Waals surface area contributed by atoms with Gasteiger partial charge in [-0.05, 0) is 27.2 Å². The summed E-state index contributed by atoms with van der Waals surface area (Å²) in [5.74, 6) is -0.485. The number of ether oxygens (including phenoxy) is 3. The Kier molecular flexibility index (Phi) is 10.2. The first-order valence-corrected chi connectivity index (χ1v) is 9.17. The summed E-state index contributed by atoms with van der Waals surface area (Å²) < 4.78 is 19.6. The summed E-state index contributed by atoms with van der Waals surface area (Å²) in [6.45, 7) is 10.5. The minimum Gasteiger partial charge on any atom is -0.328 e. The van der Waals surface area contributed by atoms with E-state index in [2.05, 4.69) is 16.5 Å². The minimum absolute atomic E-state index is 0.504. The number of unbranched alkanes of at least 4 members (excludes halogenated alkanes) is 5. The number of hydrogen-bond acceptors (Lipinski definition) is 4. The van der Waals surface area contributed by atoms with Crippen molar-refractivity contribution in [2.75, 3.05) is 19.8 Å². The molecule has 0 fully saturated rings. The van der Waals surface area contributed by atoms with Gasteiger partial charge in [0.25, 0.3) is 0 Å². The lowest BCUT2D eigenvalue weighted by atomic mass is 10.1. The summed E-state index contributed by atoms with van der Waals surface area (Å²) in [6, 6.07) is 0. The molecule has 0 N–H and O–H groups in total. The highest BCUT2D eigenvalue weighted by atomic mass is 16.9. The Morgan fingerprint density at radius 2 is 1.43 bits per heavy atom. The first-order chi connectivity index (χ1) is 11.2. The van der Waals surface area contributed by atoms with E-state index in [1.807, 2.05) is 27.0 Å². The fourth-order valence-electron chi connectivity index (χ4n) is 2.72. The van der Waals surface area contributed by atoms with Gasteiger partial charge < -0.3 is 18.8 Å². The van der Waals surface area contributed by atoms with Gasteiger partial charge in [0.1, 0.15) is 0 Å². The molecule has 134 valence electrons. The maximum atomic E-state index is 5.83. The van der Waals surface area contributed by atoms with Crippen molar-refractivity contribution >= 4 is 0 Å². The van der Waals surface area contributed by atoms with Crippen molar-refractivity contribution in [3.63, 3.8) is 0 Å². The predicted octanol–water partition coefficient (Wildman–Crippen LogP) is 4.46. The molecule has 0 aliphatic carbocycles. The molecule has 1 heterocycles. The SMILES string of the molecule is CCCCCCCCn1ccnc1C(OCC)(OCC)OCC. The molecule has 1 rings (SSSR count). The molecule has 0 saturated carbocycles. The van der Waals surface area contributed by atoms with Crippen molar-refractivity contribution in [1.82, 2.24) is 9.55 Å². The third kappa shape index (κ3) is 6.24. The number of imidazole rings is 1. The number of hydrogen-bond donors (Lipinski definition) is 0. The summed E-state index contributed by atoms with van der Waals surface area (Å²) in [5, 5.41) is 0. The lowest BCUT2D eigenvalue weighted by molar-refractivity contribution is -0.394. The van der Waals surface area contributed by atoms with Gasteiger partial charge in [-0.3, -0.25) is 0 Å². The van der Waals surface area contributed by atoms with E-state index >= 15 is 0 Å². The summed E-state index contributed by atoms with van der Waals surface area (Å²) in [4.78, 5) is 4.46. The second-order valence-corrected chi connectivity index (χ2v) is 5.57. The molecule has 0 amide bonds. The van der Waals surface area contributed by atoms with E-state index in [0.29, 0.717) is 25.6 Å². The highest BCUT2D eigenvalue weighted by molar-refractivity contribution is 4.98. The summed E-state index contributed by atoms with van der Waals surface area (Å²) in [5.41, 5.74) is 0. The third-order valence-electron chi connectivity index (χ3n) is 3.74. The Balaban J connectivity index is 2.71. The molecule has 0 aliphatic heterocycles. The molecule has 1 aromatic rings. The van der Waals surface area contributed by atoms with Crippen LogP contribution < -0.4 is 0 Å². The second-order valence-electron chi connectivity index (χ2n) is 5.57. The van der Waals surface area contributed by atoms with Crippen molar-refractivity contribution < 1.29 is 14.2 Å². The van der Waals surface area contributed by atoms with Gasteiger partial charge in [-0.15, -0.1) is 0 Å². The molecule has 0 aromatic carbocycles. The molecule has 0 aliphatic rings. The van der Waals surface area contributed by atoms with Crippen molar-refractivity contribution in [3.8, 4) is 0 Å². The minimum atomic E-state index is -1.19. The van der Waals surface area contributed by atoms with E-state index in [0.717, 1.165) is 13.0 Å². The van der Waals surface area contributed by atoms with Gasteiger partial charge in [-0.2, -0.15) is 0 Å². The van der Waals surface area contributed by atoms with Gasteiger partial charge in [0.15, 0.2) is 5.82 Å². The Morgan fingerprint density at radius 3 is 2.00 bits per heavy atom. The Hall–Kier alpha value is -0.910. The molecule has 0 atom stereocenters. The van der Waals surface area contributed by atoms with Crippen molar-refractivity contribution in [3.05, 3.63) is 18.2 Å². The Labute approximate surface area is 141 Å². The number of aromatic nitrogens is 2. The molecular weight excluding hydrogens is 292 g/mol. The lowest BCUT2D eigenvalue weighted by Gasteiger charge is -2.31. The van der Waals surface area contributed by atoms with Crippen LogP contribution in [-0.2, 0) is 26.7 Å². The average Bonchev–Trinajstić information content (AvgIpc) is 3.00. The zero-order valence-electron chi connectivity index (χ0n) is 15.3. The van der Waals surface area contributed by atoms with Gasteiger partial charge in [0, 0.05) is 18.9 Å². The van der Waals surface area contributed by atoms with Crippen LogP contribution in [0, 0.1) is 0 Å². The van der Waals surface area contributed by atoms with E-state index in [1.165, 1.54) is 32.1 Å². The highest BCUT2D eigenvalue weighted by Crippen LogP contribution is 2.28. The van der Waals surface area contributed by atoms with Crippen LogP contribution in [0.3, 0.4) is 0 Å². The summed E-state index contributed by atoms with van der Waals surface area (Å²) in [7, 11) is 0. The van der Waals surface area contributed by atoms with E-state index in [1.54, 1.807) is 6.20 Å².